The van der Waals surface area contributed by atoms with E-state index in [1.165, 1.54) is 5.56 Å². The SMILES string of the molecule is CCc1ccc(OC[C@@H]2C[C@@H](CC(=O)O)C(=O)N2)cc1.Nc1ccccn1. The molecule has 1 amide bonds. The average molecular weight is 371 g/mol. The molecule has 0 unspecified atom stereocenters. The maximum Gasteiger partial charge on any atom is 0.304 e. The minimum Gasteiger partial charge on any atom is -0.491 e. The molecule has 1 aliphatic heterocycles. The van der Waals surface area contributed by atoms with Gasteiger partial charge in [-0.25, -0.2) is 4.98 Å². The molecule has 3 rings (SSSR count). The average Bonchev–Trinajstić information content (AvgIpc) is 3.00. The third kappa shape index (κ3) is 6.97. The standard InChI is InChI=1S/C15H19NO4.C5H6N2/c1-2-10-3-5-13(6-4-10)20-9-12-7-11(8-14(17)18)15(19)16-12;6-5-3-1-2-4-7-5/h3-6,11-12H,2,7-9H2,1H3,(H,16,19)(H,17,18);1-4H,(H2,6,7)/t11-,12-;/m0./s1. The number of nitrogens with two attached hydrogens (primary N) is 1. The van der Waals surface area contributed by atoms with Gasteiger partial charge in [0.25, 0.3) is 0 Å². The van der Waals surface area contributed by atoms with Crippen molar-refractivity contribution >= 4 is 17.7 Å². The van der Waals surface area contributed by atoms with Gasteiger partial charge < -0.3 is 20.9 Å². The molecule has 0 radical (unpaired) electrons. The predicted molar refractivity (Wildman–Crippen MR) is 102 cm³/mol. The highest BCUT2D eigenvalue weighted by molar-refractivity contribution is 5.85. The van der Waals surface area contributed by atoms with Gasteiger partial charge in [0.1, 0.15) is 18.2 Å². The quantitative estimate of drug-likeness (QED) is 0.718. The van der Waals surface area contributed by atoms with Crippen LogP contribution in [0.4, 0.5) is 5.82 Å². The summed E-state index contributed by atoms with van der Waals surface area (Å²) in [6.45, 7) is 2.46. The number of ether oxygens (including phenoxy) is 1. The summed E-state index contributed by atoms with van der Waals surface area (Å²) in [6, 6.07) is 13.1. The lowest BCUT2D eigenvalue weighted by atomic mass is 10.0. The third-order valence-electron chi connectivity index (χ3n) is 4.18. The van der Waals surface area contributed by atoms with Crippen LogP contribution in [0.1, 0.15) is 25.3 Å². The van der Waals surface area contributed by atoms with Crippen molar-refractivity contribution in [3.05, 3.63) is 54.2 Å². The molecule has 27 heavy (non-hydrogen) atoms. The molecule has 7 heteroatoms. The molecule has 1 aromatic carbocycles. The van der Waals surface area contributed by atoms with Gasteiger partial charge in [-0.15, -0.1) is 0 Å². The Balaban J connectivity index is 0.000000313. The van der Waals surface area contributed by atoms with E-state index in [1.807, 2.05) is 36.4 Å². The Bertz CT molecular complexity index is 735. The van der Waals surface area contributed by atoms with Crippen LogP contribution in [-0.2, 0) is 16.0 Å². The van der Waals surface area contributed by atoms with Crippen LogP contribution in [0.25, 0.3) is 0 Å². The first-order valence-corrected chi connectivity index (χ1v) is 8.88. The number of amides is 1. The summed E-state index contributed by atoms with van der Waals surface area (Å²) < 4.78 is 5.63. The molecule has 1 fully saturated rings. The van der Waals surface area contributed by atoms with E-state index in [0.29, 0.717) is 18.8 Å². The number of pyridine rings is 1. The molecule has 2 heterocycles. The summed E-state index contributed by atoms with van der Waals surface area (Å²) in [5.74, 6) is -0.242. The lowest BCUT2D eigenvalue weighted by Crippen LogP contribution is -2.31. The van der Waals surface area contributed by atoms with Crippen LogP contribution in [0, 0.1) is 5.92 Å². The number of carbonyl (C=O) groups is 2. The molecule has 2 atom stereocenters. The molecule has 2 aromatic rings. The van der Waals surface area contributed by atoms with E-state index in [-0.39, 0.29) is 18.4 Å². The Hall–Kier alpha value is -3.09. The molecule has 0 bridgehead atoms. The molecular weight excluding hydrogens is 346 g/mol. The number of anilines is 1. The van der Waals surface area contributed by atoms with E-state index >= 15 is 0 Å². The molecule has 144 valence electrons. The second-order valence-corrected chi connectivity index (χ2v) is 6.30. The fourth-order valence-electron chi connectivity index (χ4n) is 2.72. The fourth-order valence-corrected chi connectivity index (χ4v) is 2.72. The van der Waals surface area contributed by atoms with Crippen LogP contribution in [-0.4, -0.2) is 34.6 Å². The van der Waals surface area contributed by atoms with E-state index < -0.39 is 11.9 Å². The lowest BCUT2D eigenvalue weighted by Gasteiger charge is -2.12. The van der Waals surface area contributed by atoms with Crippen molar-refractivity contribution in [2.24, 2.45) is 5.92 Å². The first-order valence-electron chi connectivity index (χ1n) is 8.88. The number of hydrogen-bond donors (Lipinski definition) is 3. The summed E-state index contributed by atoms with van der Waals surface area (Å²) in [6.07, 6.45) is 3.04. The number of rotatable bonds is 6. The number of hydrogen-bond acceptors (Lipinski definition) is 5. The molecule has 7 nitrogen and oxygen atoms in total. The van der Waals surface area contributed by atoms with Crippen molar-refractivity contribution in [1.82, 2.24) is 10.3 Å². The Morgan fingerprint density at radius 3 is 2.56 bits per heavy atom. The normalized spacial score (nSPS) is 18.2. The smallest absolute Gasteiger partial charge is 0.304 e. The maximum absolute atomic E-state index is 11.6. The number of benzene rings is 1. The van der Waals surface area contributed by atoms with Crippen LogP contribution >= 0.6 is 0 Å². The highest BCUT2D eigenvalue weighted by Crippen LogP contribution is 2.20. The molecule has 0 spiro atoms. The number of carboxylic acid groups (broad SMARTS) is 1. The number of nitrogen functional groups attached to an aromatic ring is 1. The summed E-state index contributed by atoms with van der Waals surface area (Å²) in [4.78, 5) is 26.0. The van der Waals surface area contributed by atoms with Crippen molar-refractivity contribution in [3.8, 4) is 5.75 Å². The Labute approximate surface area is 158 Å². The first kappa shape index (κ1) is 20.2. The van der Waals surface area contributed by atoms with Gasteiger partial charge >= 0.3 is 5.97 Å². The van der Waals surface area contributed by atoms with Gasteiger partial charge in [0.15, 0.2) is 0 Å². The van der Waals surface area contributed by atoms with Gasteiger partial charge in [-0.05, 0) is 42.7 Å². The zero-order valence-corrected chi connectivity index (χ0v) is 15.3. The monoisotopic (exact) mass is 371 g/mol. The molecule has 1 saturated heterocycles. The van der Waals surface area contributed by atoms with Crippen LogP contribution in [0.5, 0.6) is 5.75 Å². The van der Waals surface area contributed by atoms with E-state index in [9.17, 15) is 9.59 Å². The van der Waals surface area contributed by atoms with Gasteiger partial charge in [-0.3, -0.25) is 9.59 Å². The van der Waals surface area contributed by atoms with Crippen LogP contribution < -0.4 is 15.8 Å². The summed E-state index contributed by atoms with van der Waals surface area (Å²) in [7, 11) is 0. The Morgan fingerprint density at radius 2 is 2.04 bits per heavy atom. The zero-order valence-electron chi connectivity index (χ0n) is 15.3. The van der Waals surface area contributed by atoms with Gasteiger partial charge in [0.05, 0.1) is 18.4 Å². The number of nitrogens with one attached hydrogen (secondary N) is 1. The van der Waals surface area contributed by atoms with Crippen LogP contribution in [0.15, 0.2) is 48.7 Å². The maximum atomic E-state index is 11.6. The highest BCUT2D eigenvalue weighted by Gasteiger charge is 2.33. The lowest BCUT2D eigenvalue weighted by molar-refractivity contribution is -0.140. The number of carbonyl (C=O) groups excluding carboxylic acids is 1. The first-order chi connectivity index (χ1) is 13.0. The van der Waals surface area contributed by atoms with E-state index in [4.69, 9.17) is 15.6 Å². The zero-order chi connectivity index (χ0) is 19.6. The molecule has 1 aromatic heterocycles. The Kier molecular flexibility index (Phi) is 7.61. The third-order valence-corrected chi connectivity index (χ3v) is 4.18. The fraction of sp³-hybridized carbons (Fsp3) is 0.350. The minimum absolute atomic E-state index is 0.113. The number of carboxylic acids is 1. The number of aryl methyl sites for hydroxylation is 1. The molecule has 1 aliphatic rings. The highest BCUT2D eigenvalue weighted by atomic mass is 16.5. The summed E-state index contributed by atoms with van der Waals surface area (Å²) in [5.41, 5.74) is 6.49. The second kappa shape index (κ2) is 10.2. The van der Waals surface area contributed by atoms with E-state index in [2.05, 4.69) is 17.2 Å². The van der Waals surface area contributed by atoms with E-state index in [1.54, 1.807) is 12.3 Å². The van der Waals surface area contributed by atoms with Crippen molar-refractivity contribution in [3.63, 3.8) is 0 Å². The molecule has 0 aliphatic carbocycles. The molecule has 0 saturated carbocycles. The van der Waals surface area contributed by atoms with Crippen LogP contribution in [0.3, 0.4) is 0 Å². The van der Waals surface area contributed by atoms with Crippen LogP contribution in [0.2, 0.25) is 0 Å². The van der Waals surface area contributed by atoms with Gasteiger partial charge in [0.2, 0.25) is 5.91 Å². The topological polar surface area (TPSA) is 115 Å². The largest absolute Gasteiger partial charge is 0.491 e. The number of aliphatic carboxylic acids is 1. The van der Waals surface area contributed by atoms with Crippen molar-refractivity contribution in [2.45, 2.75) is 32.2 Å². The van der Waals surface area contributed by atoms with E-state index in [0.717, 1.165) is 12.2 Å². The van der Waals surface area contributed by atoms with Gasteiger partial charge in [-0.2, -0.15) is 0 Å². The summed E-state index contributed by atoms with van der Waals surface area (Å²) >= 11 is 0. The van der Waals surface area contributed by atoms with Crippen molar-refractivity contribution in [1.29, 1.82) is 0 Å². The predicted octanol–water partition coefficient (Wildman–Crippen LogP) is 2.27. The number of aromatic nitrogens is 1. The Morgan fingerprint density at radius 1 is 1.30 bits per heavy atom. The second-order valence-electron chi connectivity index (χ2n) is 6.30. The minimum atomic E-state index is -0.943. The van der Waals surface area contributed by atoms with Gasteiger partial charge in [-0.1, -0.05) is 25.1 Å². The van der Waals surface area contributed by atoms with Crippen molar-refractivity contribution in [2.75, 3.05) is 12.3 Å². The summed E-state index contributed by atoms with van der Waals surface area (Å²) in [5, 5.41) is 11.5. The van der Waals surface area contributed by atoms with Crippen molar-refractivity contribution < 1.29 is 19.4 Å². The van der Waals surface area contributed by atoms with Gasteiger partial charge in [0, 0.05) is 6.20 Å². The number of nitrogens with zero attached hydrogens (tertiary/aromatic N) is 1. The molecular formula is C20H25N3O4. The molecule has 4 N–H and O–H groups in total.